The van der Waals surface area contributed by atoms with Crippen molar-refractivity contribution in [3.8, 4) is 0 Å². The number of hydrogen-bond donors (Lipinski definition) is 1. The van der Waals surface area contributed by atoms with Crippen LogP contribution in [0.2, 0.25) is 0 Å². The fourth-order valence-corrected chi connectivity index (χ4v) is 6.84. The molecule has 1 fully saturated rings. The smallest absolute Gasteiger partial charge is 0.243 e. The first kappa shape index (κ1) is 22.5. The Hall–Kier alpha value is -1.74. The number of nitrogens with zero attached hydrogens (tertiary/aromatic N) is 2. The molecule has 0 spiro atoms. The van der Waals surface area contributed by atoms with E-state index in [-0.39, 0.29) is 5.91 Å². The third kappa shape index (κ3) is 4.87. The van der Waals surface area contributed by atoms with E-state index in [1.165, 1.54) is 27.6 Å². The maximum absolute atomic E-state index is 12.7. The molecule has 0 unspecified atom stereocenters. The van der Waals surface area contributed by atoms with Gasteiger partial charge in [0.15, 0.2) is 0 Å². The lowest BCUT2D eigenvalue weighted by molar-refractivity contribution is -0.123. The highest BCUT2D eigenvalue weighted by Gasteiger charge is 2.40. The van der Waals surface area contributed by atoms with E-state index >= 15 is 0 Å². The average Bonchev–Trinajstić information content (AvgIpc) is 3.49. The minimum Gasteiger partial charge on any atom is -0.351 e. The van der Waals surface area contributed by atoms with Crippen molar-refractivity contribution in [2.45, 2.75) is 50.6 Å². The largest absolute Gasteiger partial charge is 0.351 e. The van der Waals surface area contributed by atoms with Gasteiger partial charge >= 0.3 is 0 Å². The number of thiophene rings is 1. The molecule has 1 aliphatic carbocycles. The van der Waals surface area contributed by atoms with E-state index in [0.29, 0.717) is 43.0 Å². The third-order valence-corrected chi connectivity index (χ3v) is 9.35. The second-order valence-corrected chi connectivity index (χ2v) is 11.3. The molecule has 1 saturated carbocycles. The first-order valence-electron chi connectivity index (χ1n) is 11.1. The minimum absolute atomic E-state index is 0.0177. The van der Waals surface area contributed by atoms with Gasteiger partial charge in [0.05, 0.1) is 11.4 Å². The monoisotopic (exact) mass is 461 g/mol. The van der Waals surface area contributed by atoms with Crippen molar-refractivity contribution >= 4 is 27.3 Å². The number of rotatable bonds is 9. The molecule has 1 amide bonds. The van der Waals surface area contributed by atoms with Crippen molar-refractivity contribution in [1.29, 1.82) is 0 Å². The standard InChI is InChI=1S/C23H31N3O3S2/c1-3-26(4-2)31(28,29)19-9-5-17(6-10-19)15-24-22(27)16-25-13-11-21-20(12-14-30-21)23(25)18-7-8-18/h5-6,9-10,12,14,18,23H,3-4,7-8,11,13,15-16H2,1-2H3,(H,24,27)/t23-/m1/s1. The summed E-state index contributed by atoms with van der Waals surface area (Å²) in [5.74, 6) is 0.700. The van der Waals surface area contributed by atoms with Gasteiger partial charge < -0.3 is 5.32 Å². The van der Waals surface area contributed by atoms with Crippen LogP contribution in [0.1, 0.15) is 48.7 Å². The van der Waals surface area contributed by atoms with Gasteiger partial charge in [-0.05, 0) is 59.9 Å². The van der Waals surface area contributed by atoms with Crippen molar-refractivity contribution in [3.05, 3.63) is 51.7 Å². The predicted molar refractivity (Wildman–Crippen MR) is 123 cm³/mol. The topological polar surface area (TPSA) is 69.7 Å². The zero-order chi connectivity index (χ0) is 22.0. The Morgan fingerprint density at radius 1 is 1.16 bits per heavy atom. The summed E-state index contributed by atoms with van der Waals surface area (Å²) < 4.78 is 26.6. The fourth-order valence-electron chi connectivity index (χ4n) is 4.47. The van der Waals surface area contributed by atoms with E-state index in [2.05, 4.69) is 21.7 Å². The molecular weight excluding hydrogens is 430 g/mol. The molecule has 1 aliphatic heterocycles. The first-order chi connectivity index (χ1) is 14.9. The maximum atomic E-state index is 12.7. The van der Waals surface area contributed by atoms with Crippen molar-refractivity contribution in [3.63, 3.8) is 0 Å². The van der Waals surface area contributed by atoms with E-state index in [4.69, 9.17) is 0 Å². The normalized spacial score (nSPS) is 19.4. The quantitative estimate of drug-likeness (QED) is 0.621. The van der Waals surface area contributed by atoms with E-state index in [1.54, 1.807) is 24.3 Å². The third-order valence-electron chi connectivity index (χ3n) is 6.29. The molecule has 1 aromatic heterocycles. The molecule has 2 heterocycles. The summed E-state index contributed by atoms with van der Waals surface area (Å²) >= 11 is 1.84. The van der Waals surface area contributed by atoms with Gasteiger partial charge in [0.1, 0.15) is 0 Å². The van der Waals surface area contributed by atoms with E-state index < -0.39 is 10.0 Å². The Morgan fingerprint density at radius 2 is 1.87 bits per heavy atom. The Kier molecular flexibility index (Phi) is 6.81. The molecule has 0 bridgehead atoms. The lowest BCUT2D eigenvalue weighted by Crippen LogP contribution is -2.42. The molecule has 6 nitrogen and oxygen atoms in total. The van der Waals surface area contributed by atoms with Gasteiger partial charge in [-0.25, -0.2) is 8.42 Å². The number of hydrogen-bond acceptors (Lipinski definition) is 5. The highest BCUT2D eigenvalue weighted by molar-refractivity contribution is 7.89. The van der Waals surface area contributed by atoms with E-state index in [1.807, 2.05) is 25.2 Å². The van der Waals surface area contributed by atoms with Crippen LogP contribution in [-0.2, 0) is 27.8 Å². The molecule has 0 radical (unpaired) electrons. The number of sulfonamides is 1. The Morgan fingerprint density at radius 3 is 2.52 bits per heavy atom. The van der Waals surface area contributed by atoms with Crippen molar-refractivity contribution in [2.24, 2.45) is 5.92 Å². The lowest BCUT2D eigenvalue weighted by Gasteiger charge is -2.35. The molecule has 2 aromatic rings. The number of amides is 1. The molecule has 1 N–H and O–H groups in total. The van der Waals surface area contributed by atoms with Crippen LogP contribution in [0.5, 0.6) is 0 Å². The molecule has 168 valence electrons. The minimum atomic E-state index is -3.46. The van der Waals surface area contributed by atoms with Gasteiger partial charge in [-0.3, -0.25) is 9.69 Å². The maximum Gasteiger partial charge on any atom is 0.243 e. The van der Waals surface area contributed by atoms with Gasteiger partial charge in [0.25, 0.3) is 0 Å². The molecule has 1 atom stereocenters. The van der Waals surface area contributed by atoms with Crippen LogP contribution in [0, 0.1) is 5.92 Å². The average molecular weight is 462 g/mol. The zero-order valence-corrected chi connectivity index (χ0v) is 19.8. The van der Waals surface area contributed by atoms with Crippen LogP contribution in [0.4, 0.5) is 0 Å². The summed E-state index contributed by atoms with van der Waals surface area (Å²) in [5, 5.41) is 5.18. The van der Waals surface area contributed by atoms with Crippen LogP contribution in [0.25, 0.3) is 0 Å². The van der Waals surface area contributed by atoms with Crippen LogP contribution in [0.3, 0.4) is 0 Å². The Bertz CT molecular complexity index is 1010. The molecule has 4 rings (SSSR count). The molecule has 31 heavy (non-hydrogen) atoms. The Balaban J connectivity index is 1.34. The van der Waals surface area contributed by atoms with Gasteiger partial charge in [0.2, 0.25) is 15.9 Å². The van der Waals surface area contributed by atoms with Crippen molar-refractivity contribution < 1.29 is 13.2 Å². The summed E-state index contributed by atoms with van der Waals surface area (Å²) in [5.41, 5.74) is 2.32. The summed E-state index contributed by atoms with van der Waals surface area (Å²) in [6, 6.07) is 9.43. The number of fused-ring (bicyclic) bond motifs is 1. The Labute approximate surface area is 189 Å². The van der Waals surface area contributed by atoms with Crippen molar-refractivity contribution in [1.82, 2.24) is 14.5 Å². The fraction of sp³-hybridized carbons (Fsp3) is 0.522. The second-order valence-electron chi connectivity index (χ2n) is 8.31. The predicted octanol–water partition coefficient (Wildman–Crippen LogP) is 3.40. The van der Waals surface area contributed by atoms with Gasteiger partial charge in [-0.15, -0.1) is 11.3 Å². The summed E-state index contributed by atoms with van der Waals surface area (Å²) in [7, 11) is -3.46. The van der Waals surface area contributed by atoms with Gasteiger partial charge in [-0.2, -0.15) is 4.31 Å². The first-order valence-corrected chi connectivity index (χ1v) is 13.4. The summed E-state index contributed by atoms with van der Waals surface area (Å²) in [4.78, 5) is 16.8. The highest BCUT2D eigenvalue weighted by Crippen LogP contribution is 2.48. The second kappa shape index (κ2) is 9.40. The number of carbonyl (C=O) groups excluding carboxylic acids is 1. The van der Waals surface area contributed by atoms with Crippen LogP contribution >= 0.6 is 11.3 Å². The molecular formula is C23H31N3O3S2. The number of nitrogens with one attached hydrogen (secondary N) is 1. The highest BCUT2D eigenvalue weighted by atomic mass is 32.2. The van der Waals surface area contributed by atoms with Crippen LogP contribution < -0.4 is 5.32 Å². The summed E-state index contributed by atoms with van der Waals surface area (Å²) in [6.07, 6.45) is 3.52. The van der Waals surface area contributed by atoms with Crippen LogP contribution in [-0.4, -0.2) is 49.7 Å². The van der Waals surface area contributed by atoms with Crippen LogP contribution in [0.15, 0.2) is 40.6 Å². The van der Waals surface area contributed by atoms with E-state index in [9.17, 15) is 13.2 Å². The molecule has 2 aliphatic rings. The SMILES string of the molecule is CCN(CC)S(=O)(=O)c1ccc(CNC(=O)CN2CCc3sccc3[C@H]2C2CC2)cc1. The van der Waals surface area contributed by atoms with Gasteiger partial charge in [0, 0.05) is 37.1 Å². The molecule has 1 aromatic carbocycles. The number of carbonyl (C=O) groups is 1. The lowest BCUT2D eigenvalue weighted by atomic mass is 9.96. The zero-order valence-electron chi connectivity index (χ0n) is 18.2. The van der Waals surface area contributed by atoms with Crippen molar-refractivity contribution in [2.75, 3.05) is 26.2 Å². The number of benzene rings is 1. The van der Waals surface area contributed by atoms with Gasteiger partial charge in [-0.1, -0.05) is 26.0 Å². The molecule has 8 heteroatoms. The summed E-state index contributed by atoms with van der Waals surface area (Å²) in [6.45, 7) is 6.30. The van der Waals surface area contributed by atoms with E-state index in [0.717, 1.165) is 18.5 Å². The molecule has 0 saturated heterocycles.